The quantitative estimate of drug-likeness (QED) is 0.367. The van der Waals surface area contributed by atoms with Gasteiger partial charge in [-0.05, 0) is 18.6 Å². The van der Waals surface area contributed by atoms with Crippen molar-refractivity contribution in [3.63, 3.8) is 0 Å². The van der Waals surface area contributed by atoms with E-state index in [9.17, 15) is 4.79 Å². The molecule has 7 heteroatoms. The summed E-state index contributed by atoms with van der Waals surface area (Å²) >= 11 is 1.37. The first kappa shape index (κ1) is 20.0. The van der Waals surface area contributed by atoms with Gasteiger partial charge in [-0.2, -0.15) is 0 Å². The van der Waals surface area contributed by atoms with Crippen molar-refractivity contribution in [3.05, 3.63) is 42.7 Å². The topological polar surface area (TPSA) is 69.0 Å². The number of nitrogens with one attached hydrogen (secondary N) is 1. The molecule has 2 aromatic rings. The average Bonchev–Trinajstić information content (AvgIpc) is 3.03. The largest absolute Gasteiger partial charge is 0.494 e. The minimum atomic E-state index is -0.0908. The molecule has 0 saturated heterocycles. The van der Waals surface area contributed by atoms with Crippen molar-refractivity contribution in [1.82, 2.24) is 14.8 Å². The molecule has 0 aliphatic carbocycles. The molecule has 140 valence electrons. The van der Waals surface area contributed by atoms with E-state index in [1.165, 1.54) is 11.8 Å². The summed E-state index contributed by atoms with van der Waals surface area (Å²) < 4.78 is 7.65. The molecule has 0 atom stereocenters. The molecule has 0 radical (unpaired) electrons. The Hall–Kier alpha value is -2.28. The highest BCUT2D eigenvalue weighted by Gasteiger charge is 2.12. The smallest absolute Gasteiger partial charge is 0.234 e. The molecule has 0 aliphatic rings. The normalized spacial score (nSPS) is 10.5. The van der Waals surface area contributed by atoms with Gasteiger partial charge >= 0.3 is 0 Å². The third-order valence-electron chi connectivity index (χ3n) is 3.64. The lowest BCUT2D eigenvalue weighted by atomic mass is 10.3. The number of allylic oxidation sites excluding steroid dienone is 1. The van der Waals surface area contributed by atoms with E-state index in [2.05, 4.69) is 29.0 Å². The van der Waals surface area contributed by atoms with Gasteiger partial charge in [0.1, 0.15) is 11.6 Å². The Morgan fingerprint density at radius 2 is 2.23 bits per heavy atom. The van der Waals surface area contributed by atoms with E-state index in [0.29, 0.717) is 13.2 Å². The van der Waals surface area contributed by atoms with E-state index in [1.54, 1.807) is 6.08 Å². The first-order chi connectivity index (χ1) is 12.7. The lowest BCUT2D eigenvalue weighted by molar-refractivity contribution is -0.113. The van der Waals surface area contributed by atoms with Gasteiger partial charge in [-0.25, -0.2) is 0 Å². The molecule has 0 saturated carbocycles. The Morgan fingerprint density at radius 3 is 2.96 bits per heavy atom. The second kappa shape index (κ2) is 10.7. The predicted octanol–water partition coefficient (Wildman–Crippen LogP) is 3.94. The SMILES string of the molecule is C=CCn1c(CC)nnc1SCC(=O)Nc1cccc(OCCCC)c1. The van der Waals surface area contributed by atoms with Crippen molar-refractivity contribution in [2.75, 3.05) is 17.7 Å². The number of rotatable bonds is 11. The molecular formula is C19H26N4O2S. The predicted molar refractivity (Wildman–Crippen MR) is 106 cm³/mol. The van der Waals surface area contributed by atoms with Gasteiger partial charge in [-0.15, -0.1) is 16.8 Å². The molecule has 1 aromatic carbocycles. The lowest BCUT2D eigenvalue weighted by Crippen LogP contribution is -2.15. The number of amides is 1. The molecule has 0 fully saturated rings. The summed E-state index contributed by atoms with van der Waals surface area (Å²) in [5.74, 6) is 1.83. The van der Waals surface area contributed by atoms with Crippen molar-refractivity contribution in [2.24, 2.45) is 0 Å². The van der Waals surface area contributed by atoms with Crippen LogP contribution in [0.4, 0.5) is 5.69 Å². The number of carbonyl (C=O) groups is 1. The fourth-order valence-corrected chi connectivity index (χ4v) is 3.09. The van der Waals surface area contributed by atoms with Crippen LogP contribution in [0.1, 0.15) is 32.5 Å². The Morgan fingerprint density at radius 1 is 1.38 bits per heavy atom. The zero-order valence-corrected chi connectivity index (χ0v) is 16.2. The maximum absolute atomic E-state index is 12.3. The van der Waals surface area contributed by atoms with Gasteiger partial charge in [0.15, 0.2) is 5.16 Å². The number of thioether (sulfide) groups is 1. The summed E-state index contributed by atoms with van der Waals surface area (Å²) in [6.45, 7) is 9.23. The van der Waals surface area contributed by atoms with Crippen LogP contribution in [0.2, 0.25) is 0 Å². The Bertz CT molecular complexity index is 730. The number of unbranched alkanes of at least 4 members (excludes halogenated alkanes) is 1. The van der Waals surface area contributed by atoms with Gasteiger partial charge in [0.05, 0.1) is 12.4 Å². The Balaban J connectivity index is 1.90. The number of nitrogens with zero attached hydrogens (tertiary/aromatic N) is 3. The minimum absolute atomic E-state index is 0.0908. The summed E-state index contributed by atoms with van der Waals surface area (Å²) in [5, 5.41) is 12.0. The lowest BCUT2D eigenvalue weighted by Gasteiger charge is -2.09. The number of aromatic nitrogens is 3. The van der Waals surface area contributed by atoms with E-state index >= 15 is 0 Å². The molecule has 2 rings (SSSR count). The van der Waals surface area contributed by atoms with E-state index in [4.69, 9.17) is 4.74 Å². The van der Waals surface area contributed by atoms with Gasteiger partial charge in [0, 0.05) is 24.7 Å². The van der Waals surface area contributed by atoms with Crippen LogP contribution in [-0.4, -0.2) is 33.0 Å². The highest BCUT2D eigenvalue weighted by molar-refractivity contribution is 7.99. The zero-order chi connectivity index (χ0) is 18.8. The molecule has 1 N–H and O–H groups in total. The van der Waals surface area contributed by atoms with Crippen LogP contribution in [0.15, 0.2) is 42.1 Å². The van der Waals surface area contributed by atoms with E-state index < -0.39 is 0 Å². The number of hydrogen-bond acceptors (Lipinski definition) is 5. The Labute approximate surface area is 159 Å². The number of benzene rings is 1. The highest BCUT2D eigenvalue weighted by atomic mass is 32.2. The highest BCUT2D eigenvalue weighted by Crippen LogP contribution is 2.20. The minimum Gasteiger partial charge on any atom is -0.494 e. The van der Waals surface area contributed by atoms with Crippen molar-refractivity contribution < 1.29 is 9.53 Å². The third-order valence-corrected chi connectivity index (χ3v) is 4.60. The molecule has 0 aliphatic heterocycles. The summed E-state index contributed by atoms with van der Waals surface area (Å²) in [6, 6.07) is 7.46. The van der Waals surface area contributed by atoms with Crippen molar-refractivity contribution in [1.29, 1.82) is 0 Å². The number of aryl methyl sites for hydroxylation is 1. The molecule has 0 bridgehead atoms. The van der Waals surface area contributed by atoms with Crippen LogP contribution >= 0.6 is 11.8 Å². The summed E-state index contributed by atoms with van der Waals surface area (Å²) in [4.78, 5) is 12.3. The van der Waals surface area contributed by atoms with Gasteiger partial charge in [-0.3, -0.25) is 4.79 Å². The summed E-state index contributed by atoms with van der Waals surface area (Å²) in [5.41, 5.74) is 0.728. The average molecular weight is 375 g/mol. The van der Waals surface area contributed by atoms with Crippen LogP contribution in [0.25, 0.3) is 0 Å². The van der Waals surface area contributed by atoms with E-state index in [0.717, 1.165) is 41.7 Å². The van der Waals surface area contributed by atoms with E-state index in [-0.39, 0.29) is 11.7 Å². The fraction of sp³-hybridized carbons (Fsp3) is 0.421. The Kier molecular flexibility index (Phi) is 8.21. The first-order valence-corrected chi connectivity index (χ1v) is 9.85. The second-order valence-electron chi connectivity index (χ2n) is 5.72. The van der Waals surface area contributed by atoms with Crippen LogP contribution < -0.4 is 10.1 Å². The molecular weight excluding hydrogens is 348 g/mol. The molecule has 0 unspecified atom stereocenters. The van der Waals surface area contributed by atoms with Crippen molar-refractivity contribution in [2.45, 2.75) is 44.8 Å². The summed E-state index contributed by atoms with van der Waals surface area (Å²) in [6.07, 6.45) is 4.69. The summed E-state index contributed by atoms with van der Waals surface area (Å²) in [7, 11) is 0. The first-order valence-electron chi connectivity index (χ1n) is 8.86. The standard InChI is InChI=1S/C19H26N4O2S/c1-4-7-12-25-16-10-8-9-15(13-16)20-18(24)14-26-19-22-21-17(6-3)23(19)11-5-2/h5,8-10,13H,2,4,6-7,11-12,14H2,1,3H3,(H,20,24). The molecule has 1 amide bonds. The monoisotopic (exact) mass is 374 g/mol. The van der Waals surface area contributed by atoms with Crippen LogP contribution in [0.5, 0.6) is 5.75 Å². The molecule has 0 spiro atoms. The van der Waals surface area contributed by atoms with Crippen molar-refractivity contribution in [3.8, 4) is 5.75 Å². The number of anilines is 1. The van der Waals surface area contributed by atoms with Gasteiger partial charge in [0.25, 0.3) is 0 Å². The van der Waals surface area contributed by atoms with Gasteiger partial charge < -0.3 is 14.6 Å². The number of ether oxygens (including phenoxy) is 1. The van der Waals surface area contributed by atoms with Crippen LogP contribution in [0, 0.1) is 0 Å². The van der Waals surface area contributed by atoms with Crippen LogP contribution in [0.3, 0.4) is 0 Å². The number of carbonyl (C=O) groups excluding carboxylic acids is 1. The van der Waals surface area contributed by atoms with E-state index in [1.807, 2.05) is 35.8 Å². The van der Waals surface area contributed by atoms with Gasteiger partial charge in [0.2, 0.25) is 5.91 Å². The number of hydrogen-bond donors (Lipinski definition) is 1. The molecule has 1 heterocycles. The molecule has 26 heavy (non-hydrogen) atoms. The zero-order valence-electron chi connectivity index (χ0n) is 15.4. The van der Waals surface area contributed by atoms with Crippen molar-refractivity contribution >= 4 is 23.4 Å². The molecule has 6 nitrogen and oxygen atoms in total. The fourth-order valence-electron chi connectivity index (χ4n) is 2.32. The third kappa shape index (κ3) is 5.91. The second-order valence-corrected chi connectivity index (χ2v) is 6.66. The van der Waals surface area contributed by atoms with Gasteiger partial charge in [-0.1, -0.05) is 44.2 Å². The molecule has 1 aromatic heterocycles. The maximum Gasteiger partial charge on any atom is 0.234 e. The maximum atomic E-state index is 12.3. The van der Waals surface area contributed by atoms with Crippen LogP contribution in [-0.2, 0) is 17.8 Å².